The Labute approximate surface area is 77.2 Å². The van der Waals surface area contributed by atoms with E-state index in [9.17, 15) is 0 Å². The number of nitrogens with zero attached hydrogens (tertiary/aromatic N) is 1. The van der Waals surface area contributed by atoms with Crippen LogP contribution in [0.1, 0.15) is 0 Å². The van der Waals surface area contributed by atoms with Crippen LogP contribution in [0.25, 0.3) is 0 Å². The lowest BCUT2D eigenvalue weighted by Crippen LogP contribution is -2.18. The van der Waals surface area contributed by atoms with Crippen molar-refractivity contribution in [3.05, 3.63) is 30.6 Å². The van der Waals surface area contributed by atoms with Crippen molar-refractivity contribution in [3.8, 4) is 0 Å². The Morgan fingerprint density at radius 1 is 1.09 bits per heavy atom. The van der Waals surface area contributed by atoms with Gasteiger partial charge in [0.2, 0.25) is 0 Å². The van der Waals surface area contributed by atoms with Gasteiger partial charge in [0.1, 0.15) is 0 Å². The van der Waals surface area contributed by atoms with Crippen LogP contribution in [0, 0.1) is 0 Å². The van der Waals surface area contributed by atoms with E-state index < -0.39 is 0 Å². The third kappa shape index (κ3) is 17.6. The van der Waals surface area contributed by atoms with Gasteiger partial charge in [-0.2, -0.15) is 0 Å². The van der Waals surface area contributed by atoms with Gasteiger partial charge in [0.05, 0.1) is 0 Å². The molecule has 0 bridgehead atoms. The van der Waals surface area contributed by atoms with Crippen molar-refractivity contribution in [1.82, 2.24) is 4.98 Å². The van der Waals surface area contributed by atoms with Crippen LogP contribution in [0.4, 0.5) is 0 Å². The van der Waals surface area contributed by atoms with E-state index in [1.54, 1.807) is 12.4 Å². The first kappa shape index (κ1) is 12.8. The molecule has 0 aromatic carbocycles. The highest BCUT2D eigenvalue weighted by atomic mass is 35.5. The number of rotatable bonds is 0. The maximum Gasteiger partial charge on any atom is 0.160 e. The molecule has 1 aromatic rings. The molecule has 11 heavy (non-hydrogen) atoms. The summed E-state index contributed by atoms with van der Waals surface area (Å²) in [5.74, 6) is 0. The lowest BCUT2D eigenvalue weighted by Gasteiger charge is -1.70. The van der Waals surface area contributed by atoms with Crippen molar-refractivity contribution >= 4 is 29.7 Å². The normalized spacial score (nSPS) is 6.55. The number of hydrogen-bond acceptors (Lipinski definition) is 2. The predicted molar refractivity (Wildman–Crippen MR) is 52.5 cm³/mol. The fraction of sp³-hybridized carbons (Fsp3) is 0. The van der Waals surface area contributed by atoms with Crippen LogP contribution in [-0.4, -0.2) is 10.1 Å². The molecule has 1 heterocycles. The highest BCUT2D eigenvalue weighted by Crippen LogP contribution is 1.73. The highest BCUT2D eigenvalue weighted by molar-refractivity contribution is 7.80. The summed E-state index contributed by atoms with van der Waals surface area (Å²) in [4.78, 5) is 3.78. The SMILES string of the molecule is Cl.NC(N)=S.c1ccncc1. The van der Waals surface area contributed by atoms with Crippen LogP contribution in [0.3, 0.4) is 0 Å². The average molecular weight is 192 g/mol. The van der Waals surface area contributed by atoms with Crippen LogP contribution in [0.2, 0.25) is 0 Å². The molecule has 5 heteroatoms. The lowest BCUT2D eigenvalue weighted by atomic mass is 10.5. The van der Waals surface area contributed by atoms with Crippen molar-refractivity contribution < 1.29 is 0 Å². The third-order valence-electron chi connectivity index (χ3n) is 0.566. The molecule has 0 unspecified atom stereocenters. The molecule has 4 N–H and O–H groups in total. The van der Waals surface area contributed by atoms with Gasteiger partial charge in [0.15, 0.2) is 5.11 Å². The van der Waals surface area contributed by atoms with E-state index in [2.05, 4.69) is 28.7 Å². The number of hydrogen-bond donors (Lipinski definition) is 2. The Morgan fingerprint density at radius 2 is 1.45 bits per heavy atom. The van der Waals surface area contributed by atoms with Gasteiger partial charge in [-0.05, 0) is 24.4 Å². The van der Waals surface area contributed by atoms with Gasteiger partial charge in [-0.25, -0.2) is 0 Å². The van der Waals surface area contributed by atoms with Gasteiger partial charge in [0, 0.05) is 12.4 Å². The van der Waals surface area contributed by atoms with Crippen molar-refractivity contribution in [2.24, 2.45) is 11.5 Å². The van der Waals surface area contributed by atoms with E-state index in [1.807, 2.05) is 18.2 Å². The number of aromatic nitrogens is 1. The minimum absolute atomic E-state index is 0. The maximum absolute atomic E-state index is 4.62. The summed E-state index contributed by atoms with van der Waals surface area (Å²) in [6.07, 6.45) is 3.50. The average Bonchev–Trinajstić information content (AvgIpc) is 1.90. The van der Waals surface area contributed by atoms with Crippen molar-refractivity contribution in [2.45, 2.75) is 0 Å². The highest BCUT2D eigenvalue weighted by Gasteiger charge is 1.58. The molecule has 0 aliphatic heterocycles. The molecule has 0 radical (unpaired) electrons. The number of thiocarbonyl (C=S) groups is 1. The van der Waals surface area contributed by atoms with Gasteiger partial charge >= 0.3 is 0 Å². The van der Waals surface area contributed by atoms with Gasteiger partial charge < -0.3 is 11.5 Å². The summed E-state index contributed by atoms with van der Waals surface area (Å²) in [5, 5.41) is 0.000000000000000222. The molecule has 62 valence electrons. The molecule has 1 rings (SSSR count). The van der Waals surface area contributed by atoms with Crippen molar-refractivity contribution in [3.63, 3.8) is 0 Å². The summed E-state index contributed by atoms with van der Waals surface area (Å²) < 4.78 is 0. The van der Waals surface area contributed by atoms with Gasteiger partial charge in [-0.15, -0.1) is 12.4 Å². The molecule has 0 saturated heterocycles. The number of halogens is 1. The van der Waals surface area contributed by atoms with E-state index in [-0.39, 0.29) is 17.5 Å². The molecule has 1 aromatic heterocycles. The summed E-state index contributed by atoms with van der Waals surface area (Å²) in [5.41, 5.74) is 9.24. The standard InChI is InChI=1S/C5H5N.CH4N2S.ClH/c1-2-4-6-5-3-1;2-1(3)4;/h1-5H;(H4,2,3,4);1H. The van der Waals surface area contributed by atoms with Crippen LogP contribution >= 0.6 is 24.6 Å². The first-order valence-corrected chi connectivity index (χ1v) is 3.04. The molecule has 0 atom stereocenters. The van der Waals surface area contributed by atoms with E-state index in [0.29, 0.717) is 0 Å². The topological polar surface area (TPSA) is 64.9 Å². The lowest BCUT2D eigenvalue weighted by molar-refractivity contribution is 1.33. The Kier molecular flexibility index (Phi) is 10.6. The monoisotopic (exact) mass is 191 g/mol. The summed E-state index contributed by atoms with van der Waals surface area (Å²) in [7, 11) is 0. The second kappa shape index (κ2) is 9.13. The number of pyridine rings is 1. The molecule has 0 aliphatic carbocycles. The zero-order valence-electron chi connectivity index (χ0n) is 5.81. The molecule has 0 aliphatic rings. The Hall–Kier alpha value is -0.870. The quantitative estimate of drug-likeness (QED) is 0.593. The minimum atomic E-state index is 0. The molecular formula is C6H10ClN3S. The first-order chi connectivity index (χ1) is 4.73. The zero-order chi connectivity index (χ0) is 7.82. The predicted octanol–water partition coefficient (Wildman–Crippen LogP) is 0.692. The summed E-state index contributed by atoms with van der Waals surface area (Å²) in [6.45, 7) is 0. The fourth-order valence-electron chi connectivity index (χ4n) is 0.313. The van der Waals surface area contributed by atoms with Gasteiger partial charge in [0.25, 0.3) is 0 Å². The third-order valence-corrected chi connectivity index (χ3v) is 0.566. The van der Waals surface area contributed by atoms with Crippen LogP contribution in [0.15, 0.2) is 30.6 Å². The van der Waals surface area contributed by atoms with E-state index >= 15 is 0 Å². The minimum Gasteiger partial charge on any atom is -0.377 e. The van der Waals surface area contributed by atoms with Crippen molar-refractivity contribution in [1.29, 1.82) is 0 Å². The molecule has 3 nitrogen and oxygen atoms in total. The van der Waals surface area contributed by atoms with Crippen molar-refractivity contribution in [2.75, 3.05) is 0 Å². The summed E-state index contributed by atoms with van der Waals surface area (Å²) >= 11 is 4.09. The van der Waals surface area contributed by atoms with Gasteiger partial charge in [-0.3, -0.25) is 4.98 Å². The molecule has 0 saturated carbocycles. The molecule has 0 spiro atoms. The van der Waals surface area contributed by atoms with Crippen LogP contribution < -0.4 is 11.5 Å². The Balaban J connectivity index is 0. The van der Waals surface area contributed by atoms with E-state index in [1.165, 1.54) is 0 Å². The Morgan fingerprint density at radius 3 is 1.55 bits per heavy atom. The Bertz CT molecular complexity index is 150. The van der Waals surface area contributed by atoms with Gasteiger partial charge in [-0.1, -0.05) is 6.07 Å². The molecule has 0 fully saturated rings. The van der Waals surface area contributed by atoms with E-state index in [0.717, 1.165) is 0 Å². The fourth-order valence-corrected chi connectivity index (χ4v) is 0.313. The van der Waals surface area contributed by atoms with Crippen LogP contribution in [0.5, 0.6) is 0 Å². The van der Waals surface area contributed by atoms with E-state index in [4.69, 9.17) is 0 Å². The second-order valence-electron chi connectivity index (χ2n) is 1.43. The van der Waals surface area contributed by atoms with Crippen LogP contribution in [-0.2, 0) is 0 Å². The first-order valence-electron chi connectivity index (χ1n) is 2.63. The molecule has 0 amide bonds. The smallest absolute Gasteiger partial charge is 0.160 e. The zero-order valence-corrected chi connectivity index (χ0v) is 7.44. The largest absolute Gasteiger partial charge is 0.377 e. The molecular weight excluding hydrogens is 182 g/mol. The number of nitrogens with two attached hydrogens (primary N) is 2. The summed E-state index contributed by atoms with van der Waals surface area (Å²) in [6, 6.07) is 5.72. The second-order valence-corrected chi connectivity index (χ2v) is 1.90. The maximum atomic E-state index is 4.62.